The fraction of sp³-hybridized carbons (Fsp3) is 0.538. The van der Waals surface area contributed by atoms with Crippen molar-refractivity contribution < 1.29 is 0 Å². The van der Waals surface area contributed by atoms with E-state index < -0.39 is 0 Å². The highest BCUT2D eigenvalue weighted by Gasteiger charge is 2.06. The second-order valence-corrected chi connectivity index (χ2v) is 6.44. The maximum atomic E-state index is 2.32. The molecule has 0 saturated heterocycles. The molecule has 0 aliphatic rings. The van der Waals surface area contributed by atoms with Gasteiger partial charge in [-0.25, -0.2) is 0 Å². The highest BCUT2D eigenvalue weighted by molar-refractivity contribution is 7.65. The monoisotopic (exact) mass is 208 g/mol. The Morgan fingerprint density at radius 2 is 1.71 bits per heavy atom. The van der Waals surface area contributed by atoms with Gasteiger partial charge in [-0.2, -0.15) is 0 Å². The van der Waals surface area contributed by atoms with Crippen molar-refractivity contribution in [2.45, 2.75) is 33.6 Å². The van der Waals surface area contributed by atoms with Crippen molar-refractivity contribution in [3.8, 4) is 0 Å². The SMILES string of the molecule is CCCCP(CC)c1ccc(C)cc1. The lowest BCUT2D eigenvalue weighted by Gasteiger charge is -2.15. The Hall–Kier alpha value is -0.350. The molecule has 0 aromatic heterocycles. The third-order valence-electron chi connectivity index (χ3n) is 2.56. The van der Waals surface area contributed by atoms with Gasteiger partial charge in [-0.15, -0.1) is 0 Å². The van der Waals surface area contributed by atoms with Crippen LogP contribution in [0.3, 0.4) is 0 Å². The highest BCUT2D eigenvalue weighted by atomic mass is 31.1. The molecule has 0 radical (unpaired) electrons. The Kier molecular flexibility index (Phi) is 5.19. The zero-order chi connectivity index (χ0) is 10.4. The van der Waals surface area contributed by atoms with Gasteiger partial charge in [-0.3, -0.25) is 0 Å². The number of unbranched alkanes of at least 4 members (excludes halogenated alkanes) is 1. The molecule has 0 bridgehead atoms. The molecule has 1 rings (SSSR count). The van der Waals surface area contributed by atoms with Crippen molar-refractivity contribution in [2.24, 2.45) is 0 Å². The number of benzene rings is 1. The van der Waals surface area contributed by atoms with Crippen LogP contribution in [0.25, 0.3) is 0 Å². The number of hydrogen-bond donors (Lipinski definition) is 0. The lowest BCUT2D eigenvalue weighted by atomic mass is 10.2. The first kappa shape index (κ1) is 11.7. The molecule has 0 N–H and O–H groups in total. The first-order valence-electron chi connectivity index (χ1n) is 5.59. The predicted octanol–water partition coefficient (Wildman–Crippen LogP) is 3.92. The first-order chi connectivity index (χ1) is 6.77. The van der Waals surface area contributed by atoms with Crippen molar-refractivity contribution in [3.63, 3.8) is 0 Å². The van der Waals surface area contributed by atoms with Crippen LogP contribution < -0.4 is 5.30 Å². The summed E-state index contributed by atoms with van der Waals surface area (Å²) in [6.45, 7) is 6.75. The van der Waals surface area contributed by atoms with Gasteiger partial charge in [0.15, 0.2) is 0 Å². The Labute approximate surface area is 89.5 Å². The van der Waals surface area contributed by atoms with Crippen LogP contribution in [0.5, 0.6) is 0 Å². The van der Waals surface area contributed by atoms with E-state index in [2.05, 4.69) is 45.0 Å². The Morgan fingerprint density at radius 1 is 1.07 bits per heavy atom. The maximum absolute atomic E-state index is 2.32. The van der Waals surface area contributed by atoms with Crippen LogP contribution in [0.4, 0.5) is 0 Å². The molecule has 0 aliphatic carbocycles. The van der Waals surface area contributed by atoms with Crippen molar-refractivity contribution in [3.05, 3.63) is 29.8 Å². The second-order valence-electron chi connectivity index (χ2n) is 3.77. The molecule has 1 aromatic carbocycles. The average Bonchev–Trinajstić information content (AvgIpc) is 2.21. The Bertz CT molecular complexity index is 250. The molecule has 1 aromatic rings. The lowest BCUT2D eigenvalue weighted by molar-refractivity contribution is 0.891. The molecule has 78 valence electrons. The summed E-state index contributed by atoms with van der Waals surface area (Å²) in [4.78, 5) is 0. The maximum Gasteiger partial charge on any atom is -0.0240 e. The zero-order valence-corrected chi connectivity index (χ0v) is 10.5. The Morgan fingerprint density at radius 3 is 2.21 bits per heavy atom. The molecule has 0 nitrogen and oxygen atoms in total. The quantitative estimate of drug-likeness (QED) is 0.643. The van der Waals surface area contributed by atoms with E-state index in [4.69, 9.17) is 0 Å². The summed E-state index contributed by atoms with van der Waals surface area (Å²) >= 11 is 0. The van der Waals surface area contributed by atoms with E-state index in [9.17, 15) is 0 Å². The van der Waals surface area contributed by atoms with Crippen molar-refractivity contribution >= 4 is 13.2 Å². The van der Waals surface area contributed by atoms with E-state index in [1.807, 2.05) is 0 Å². The molecular formula is C13H21P. The van der Waals surface area contributed by atoms with Crippen molar-refractivity contribution in [1.29, 1.82) is 0 Å². The molecule has 0 amide bonds. The summed E-state index contributed by atoms with van der Waals surface area (Å²) in [7, 11) is 0.128. The molecule has 0 spiro atoms. The number of rotatable bonds is 5. The first-order valence-corrected chi connectivity index (χ1v) is 7.30. The van der Waals surface area contributed by atoms with Gasteiger partial charge in [0.1, 0.15) is 0 Å². The van der Waals surface area contributed by atoms with Gasteiger partial charge < -0.3 is 0 Å². The van der Waals surface area contributed by atoms with E-state index in [0.29, 0.717) is 0 Å². The molecular weight excluding hydrogens is 187 g/mol. The average molecular weight is 208 g/mol. The van der Waals surface area contributed by atoms with E-state index >= 15 is 0 Å². The van der Waals surface area contributed by atoms with Gasteiger partial charge in [0.2, 0.25) is 0 Å². The summed E-state index contributed by atoms with van der Waals surface area (Å²) in [5.41, 5.74) is 1.37. The molecule has 0 aliphatic heterocycles. The minimum atomic E-state index is 0.128. The van der Waals surface area contributed by atoms with Crippen LogP contribution >= 0.6 is 7.92 Å². The zero-order valence-electron chi connectivity index (χ0n) is 9.59. The fourth-order valence-electron chi connectivity index (χ4n) is 1.57. The predicted molar refractivity (Wildman–Crippen MR) is 68.0 cm³/mol. The summed E-state index contributed by atoms with van der Waals surface area (Å²) in [5.74, 6) is 0. The van der Waals surface area contributed by atoms with Gasteiger partial charge in [-0.1, -0.05) is 58.0 Å². The van der Waals surface area contributed by atoms with E-state index in [-0.39, 0.29) is 7.92 Å². The summed E-state index contributed by atoms with van der Waals surface area (Å²) in [6, 6.07) is 9.12. The molecule has 0 fully saturated rings. The molecule has 1 unspecified atom stereocenters. The van der Waals surface area contributed by atoms with Crippen LogP contribution in [0.1, 0.15) is 32.3 Å². The second kappa shape index (κ2) is 6.19. The summed E-state index contributed by atoms with van der Waals surface area (Å²) < 4.78 is 0. The molecule has 0 saturated carbocycles. The van der Waals surface area contributed by atoms with Crippen LogP contribution in [0.15, 0.2) is 24.3 Å². The van der Waals surface area contributed by atoms with Crippen LogP contribution in [0.2, 0.25) is 0 Å². The largest absolute Gasteiger partial charge is 0.0756 e. The third kappa shape index (κ3) is 3.42. The van der Waals surface area contributed by atoms with Crippen molar-refractivity contribution in [2.75, 3.05) is 12.3 Å². The number of aryl methyl sites for hydroxylation is 1. The normalized spacial score (nSPS) is 12.8. The Balaban J connectivity index is 2.64. The van der Waals surface area contributed by atoms with Crippen LogP contribution in [0, 0.1) is 6.92 Å². The fourth-order valence-corrected chi connectivity index (χ4v) is 3.78. The highest BCUT2D eigenvalue weighted by Crippen LogP contribution is 2.34. The van der Waals surface area contributed by atoms with E-state index in [1.54, 1.807) is 5.30 Å². The van der Waals surface area contributed by atoms with Gasteiger partial charge in [0.25, 0.3) is 0 Å². The van der Waals surface area contributed by atoms with Gasteiger partial charge in [0.05, 0.1) is 0 Å². The van der Waals surface area contributed by atoms with Gasteiger partial charge in [0, 0.05) is 0 Å². The smallest absolute Gasteiger partial charge is 0.0240 e. The van der Waals surface area contributed by atoms with E-state index in [0.717, 1.165) is 0 Å². The summed E-state index contributed by atoms with van der Waals surface area (Å²) in [5, 5.41) is 1.58. The minimum absolute atomic E-state index is 0.128. The molecule has 1 atom stereocenters. The van der Waals surface area contributed by atoms with Crippen molar-refractivity contribution in [1.82, 2.24) is 0 Å². The standard InChI is InChI=1S/C13H21P/c1-4-6-11-14(5-2)13-9-7-12(3)8-10-13/h7-10H,4-6,11H2,1-3H3. The van der Waals surface area contributed by atoms with Gasteiger partial charge in [-0.05, 0) is 31.0 Å². The van der Waals surface area contributed by atoms with Crippen LogP contribution in [-0.2, 0) is 0 Å². The molecule has 0 heterocycles. The molecule has 1 heteroatoms. The van der Waals surface area contributed by atoms with Gasteiger partial charge >= 0.3 is 0 Å². The molecule has 14 heavy (non-hydrogen) atoms. The number of hydrogen-bond acceptors (Lipinski definition) is 0. The summed E-state index contributed by atoms with van der Waals surface area (Å²) in [6.07, 6.45) is 5.45. The topological polar surface area (TPSA) is 0 Å². The third-order valence-corrected chi connectivity index (χ3v) is 5.21. The van der Waals surface area contributed by atoms with Crippen LogP contribution in [-0.4, -0.2) is 12.3 Å². The van der Waals surface area contributed by atoms with E-state index in [1.165, 1.54) is 30.7 Å². The lowest BCUT2D eigenvalue weighted by Crippen LogP contribution is -2.04. The minimum Gasteiger partial charge on any atom is -0.0756 e.